The summed E-state index contributed by atoms with van der Waals surface area (Å²) >= 11 is 10.7. The topological polar surface area (TPSA) is 24.8 Å². The van der Waals surface area contributed by atoms with Crippen LogP contribution in [-0.2, 0) is 0 Å². The highest BCUT2D eigenvalue weighted by Gasteiger charge is 2.17. The van der Waals surface area contributed by atoms with Crippen molar-refractivity contribution in [3.05, 3.63) is 23.2 Å². The molecule has 1 aromatic carbocycles. The van der Waals surface area contributed by atoms with Crippen LogP contribution >= 0.6 is 23.8 Å². The van der Waals surface area contributed by atoms with Gasteiger partial charge in [-0.2, -0.15) is 4.99 Å². The molecule has 0 N–H and O–H groups in total. The van der Waals surface area contributed by atoms with Crippen LogP contribution in [-0.4, -0.2) is 36.8 Å². The van der Waals surface area contributed by atoms with Crippen molar-refractivity contribution in [3.8, 4) is 5.75 Å². The third-order valence-electron chi connectivity index (χ3n) is 3.40. The van der Waals surface area contributed by atoms with Crippen LogP contribution in [0.15, 0.2) is 23.2 Å². The van der Waals surface area contributed by atoms with Crippen LogP contribution in [0.3, 0.4) is 0 Å². The Bertz CT molecular complexity index is 480. The van der Waals surface area contributed by atoms with Gasteiger partial charge in [-0.15, -0.1) is 0 Å². The maximum atomic E-state index is 6.12. The van der Waals surface area contributed by atoms with E-state index in [9.17, 15) is 0 Å². The summed E-state index contributed by atoms with van der Waals surface area (Å²) in [6.45, 7) is 2.98. The zero-order valence-electron chi connectivity index (χ0n) is 10.9. The number of benzene rings is 1. The van der Waals surface area contributed by atoms with Crippen molar-refractivity contribution in [2.45, 2.75) is 12.8 Å². The molecular formula is C14H17ClN2OS. The Labute approximate surface area is 124 Å². The molecule has 0 spiro atoms. The number of piperidine rings is 1. The number of likely N-dealkylation sites (tertiary alicyclic amines) is 1. The minimum absolute atomic E-state index is 0.602. The van der Waals surface area contributed by atoms with Crippen molar-refractivity contribution in [3.63, 3.8) is 0 Å². The first-order chi connectivity index (χ1) is 9.19. The predicted octanol–water partition coefficient (Wildman–Crippen LogP) is 3.79. The molecule has 2 rings (SSSR count). The molecule has 3 nitrogen and oxygen atoms in total. The molecule has 0 amide bonds. The molecule has 1 heterocycles. The lowest BCUT2D eigenvalue weighted by Crippen LogP contribution is -2.32. The molecule has 1 fully saturated rings. The van der Waals surface area contributed by atoms with E-state index in [4.69, 9.17) is 16.3 Å². The second-order valence-corrected chi connectivity index (χ2v) is 5.47. The molecule has 1 aromatic rings. The zero-order chi connectivity index (χ0) is 13.7. The molecule has 19 heavy (non-hydrogen) atoms. The van der Waals surface area contributed by atoms with Gasteiger partial charge in [-0.1, -0.05) is 11.6 Å². The van der Waals surface area contributed by atoms with Crippen molar-refractivity contribution in [2.75, 3.05) is 26.7 Å². The van der Waals surface area contributed by atoms with Gasteiger partial charge < -0.3 is 9.64 Å². The Hall–Kier alpha value is -0.930. The van der Waals surface area contributed by atoms with E-state index in [0.717, 1.165) is 18.8 Å². The van der Waals surface area contributed by atoms with Gasteiger partial charge in [0, 0.05) is 6.07 Å². The quantitative estimate of drug-likeness (QED) is 0.624. The average molecular weight is 297 g/mol. The van der Waals surface area contributed by atoms with Gasteiger partial charge in [0.1, 0.15) is 5.75 Å². The van der Waals surface area contributed by atoms with E-state index in [0.29, 0.717) is 23.3 Å². The van der Waals surface area contributed by atoms with Gasteiger partial charge in [0.25, 0.3) is 0 Å². The fourth-order valence-corrected chi connectivity index (χ4v) is 2.44. The number of hydrogen-bond acceptors (Lipinski definition) is 4. The van der Waals surface area contributed by atoms with E-state index in [1.165, 1.54) is 12.8 Å². The molecule has 0 saturated carbocycles. The molecule has 0 radical (unpaired) electrons. The molecule has 102 valence electrons. The third-order valence-corrected chi connectivity index (χ3v) is 3.81. The van der Waals surface area contributed by atoms with E-state index in [1.807, 2.05) is 0 Å². The average Bonchev–Trinajstić information content (AvgIpc) is 2.41. The molecule has 0 atom stereocenters. The standard InChI is InChI=1S/C14H17ClN2OS/c1-17-6-4-11(5-7-17)9-18-14-8-12(16-10-19)2-3-13(14)15/h2-3,8,11H,4-7,9H2,1H3. The number of thiocarbonyl (C=S) groups is 1. The summed E-state index contributed by atoms with van der Waals surface area (Å²) in [7, 11) is 2.15. The SMILES string of the molecule is CN1CCC(COc2cc(N=C=S)ccc2Cl)CC1. The summed E-state index contributed by atoms with van der Waals surface area (Å²) in [5, 5.41) is 2.95. The molecule has 0 aromatic heterocycles. The highest BCUT2D eigenvalue weighted by atomic mass is 35.5. The normalized spacial score (nSPS) is 16.9. The summed E-state index contributed by atoms with van der Waals surface area (Å²) in [6.07, 6.45) is 2.35. The summed E-state index contributed by atoms with van der Waals surface area (Å²) < 4.78 is 5.83. The number of nitrogens with zero attached hydrogens (tertiary/aromatic N) is 2. The van der Waals surface area contributed by atoms with Gasteiger partial charge in [-0.05, 0) is 63.2 Å². The first-order valence-electron chi connectivity index (χ1n) is 6.38. The van der Waals surface area contributed by atoms with E-state index < -0.39 is 0 Å². The molecule has 1 aliphatic rings. The minimum Gasteiger partial charge on any atom is -0.492 e. The third kappa shape index (κ3) is 4.29. The molecule has 5 heteroatoms. The van der Waals surface area contributed by atoms with E-state index in [-0.39, 0.29) is 0 Å². The van der Waals surface area contributed by atoms with E-state index >= 15 is 0 Å². The monoisotopic (exact) mass is 296 g/mol. The summed E-state index contributed by atoms with van der Waals surface area (Å²) in [4.78, 5) is 6.28. The molecule has 1 aliphatic heterocycles. The Kier molecular flexibility index (Phi) is 5.34. The molecule has 1 saturated heterocycles. The lowest BCUT2D eigenvalue weighted by molar-refractivity contribution is 0.160. The second-order valence-electron chi connectivity index (χ2n) is 4.88. The van der Waals surface area contributed by atoms with Crippen molar-refractivity contribution in [2.24, 2.45) is 10.9 Å². The molecule has 0 bridgehead atoms. The van der Waals surface area contributed by atoms with Gasteiger partial charge >= 0.3 is 0 Å². The Balaban J connectivity index is 1.95. The number of halogens is 1. The number of hydrogen-bond donors (Lipinski definition) is 0. The van der Waals surface area contributed by atoms with Gasteiger partial charge in [-0.3, -0.25) is 0 Å². The lowest BCUT2D eigenvalue weighted by atomic mass is 9.98. The highest BCUT2D eigenvalue weighted by Crippen LogP contribution is 2.30. The van der Waals surface area contributed by atoms with Gasteiger partial charge in [0.05, 0.1) is 22.5 Å². The fraction of sp³-hybridized carbons (Fsp3) is 0.500. The lowest BCUT2D eigenvalue weighted by Gasteiger charge is -2.28. The Morgan fingerprint density at radius 2 is 2.21 bits per heavy atom. The molecule has 0 aliphatic carbocycles. The van der Waals surface area contributed by atoms with Crippen molar-refractivity contribution < 1.29 is 4.74 Å². The van der Waals surface area contributed by atoms with E-state index in [2.05, 4.69) is 34.3 Å². The second kappa shape index (κ2) is 7.01. The molecular weight excluding hydrogens is 280 g/mol. The number of isothiocyanates is 1. The first-order valence-corrected chi connectivity index (χ1v) is 7.16. The smallest absolute Gasteiger partial charge is 0.140 e. The number of rotatable bonds is 4. The zero-order valence-corrected chi connectivity index (χ0v) is 12.5. The van der Waals surface area contributed by atoms with Gasteiger partial charge in [0.15, 0.2) is 0 Å². The van der Waals surface area contributed by atoms with Crippen molar-refractivity contribution in [1.29, 1.82) is 0 Å². The summed E-state index contributed by atoms with van der Waals surface area (Å²) in [5.41, 5.74) is 0.720. The molecule has 0 unspecified atom stereocenters. The van der Waals surface area contributed by atoms with Crippen molar-refractivity contribution in [1.82, 2.24) is 4.90 Å². The maximum absolute atomic E-state index is 6.12. The van der Waals surface area contributed by atoms with Crippen LogP contribution < -0.4 is 4.74 Å². The van der Waals surface area contributed by atoms with Gasteiger partial charge in [0.2, 0.25) is 0 Å². The first kappa shape index (κ1) is 14.5. The fourth-order valence-electron chi connectivity index (χ4n) is 2.16. The summed E-state index contributed by atoms with van der Waals surface area (Å²) in [6, 6.07) is 5.37. The largest absolute Gasteiger partial charge is 0.492 e. The predicted molar refractivity (Wildman–Crippen MR) is 81.9 cm³/mol. The summed E-state index contributed by atoms with van der Waals surface area (Å²) in [5.74, 6) is 1.28. The van der Waals surface area contributed by atoms with Gasteiger partial charge in [-0.25, -0.2) is 0 Å². The van der Waals surface area contributed by atoms with E-state index in [1.54, 1.807) is 18.2 Å². The van der Waals surface area contributed by atoms with Crippen LogP contribution in [0.25, 0.3) is 0 Å². The van der Waals surface area contributed by atoms with Crippen LogP contribution in [0.1, 0.15) is 12.8 Å². The minimum atomic E-state index is 0.602. The van der Waals surface area contributed by atoms with Crippen LogP contribution in [0.4, 0.5) is 5.69 Å². The maximum Gasteiger partial charge on any atom is 0.140 e. The van der Waals surface area contributed by atoms with Crippen LogP contribution in [0.5, 0.6) is 5.75 Å². The van der Waals surface area contributed by atoms with Crippen LogP contribution in [0, 0.1) is 5.92 Å². The van der Waals surface area contributed by atoms with Crippen molar-refractivity contribution >= 4 is 34.7 Å². The number of ether oxygens (including phenoxy) is 1. The number of aliphatic imine (C=N–C) groups is 1. The highest BCUT2D eigenvalue weighted by molar-refractivity contribution is 7.78. The Morgan fingerprint density at radius 1 is 1.47 bits per heavy atom. The Morgan fingerprint density at radius 3 is 2.89 bits per heavy atom. The van der Waals surface area contributed by atoms with Crippen LogP contribution in [0.2, 0.25) is 5.02 Å².